The number of hydrogen-bond donors (Lipinski definition) is 2. The first kappa shape index (κ1) is 18.1. The van der Waals surface area contributed by atoms with Gasteiger partial charge in [0.25, 0.3) is 5.91 Å². The fourth-order valence-corrected chi connectivity index (χ4v) is 2.68. The lowest BCUT2D eigenvalue weighted by Crippen LogP contribution is -2.17. The quantitative estimate of drug-likeness (QED) is 0.580. The Morgan fingerprint density at radius 3 is 2.42 bits per heavy atom. The number of phenols is 1. The number of phenolic OH excluding ortho intramolecular Hbond substituents is 1. The summed E-state index contributed by atoms with van der Waals surface area (Å²) in [4.78, 5) is 12.2. The summed E-state index contributed by atoms with van der Waals surface area (Å²) in [6.07, 6.45) is 1.29. The Morgan fingerprint density at radius 1 is 1.21 bits per heavy atom. The lowest BCUT2D eigenvalue weighted by molar-refractivity contribution is 0.0954. The number of amides is 1. The molecule has 0 saturated carbocycles. The van der Waals surface area contributed by atoms with Crippen molar-refractivity contribution in [3.8, 4) is 17.2 Å². The molecule has 0 unspecified atom stereocenters. The molecule has 0 aromatic heterocycles. The molecule has 1 amide bonds. The minimum atomic E-state index is -0.455. The van der Waals surface area contributed by atoms with Crippen molar-refractivity contribution in [2.75, 3.05) is 14.2 Å². The smallest absolute Gasteiger partial charge is 0.271 e. The van der Waals surface area contributed by atoms with E-state index in [-0.39, 0.29) is 10.8 Å². The standard InChI is InChI=1S/C16H14BrClN2O4/c1-23-12-4-9(5-13(7-12)24-2)16(22)20-19-8-10-3-11(17)6-14(18)15(10)21/h3-8,21H,1-2H3,(H,20,22). The summed E-state index contributed by atoms with van der Waals surface area (Å²) in [5.41, 5.74) is 3.04. The summed E-state index contributed by atoms with van der Waals surface area (Å²) in [5.74, 6) is 0.393. The van der Waals surface area contributed by atoms with Crippen LogP contribution >= 0.6 is 27.5 Å². The van der Waals surface area contributed by atoms with Crippen LogP contribution in [0.1, 0.15) is 15.9 Å². The monoisotopic (exact) mass is 412 g/mol. The molecule has 6 nitrogen and oxygen atoms in total. The van der Waals surface area contributed by atoms with Crippen LogP contribution in [0.3, 0.4) is 0 Å². The van der Waals surface area contributed by atoms with Gasteiger partial charge in [0.2, 0.25) is 0 Å². The van der Waals surface area contributed by atoms with Gasteiger partial charge in [-0.15, -0.1) is 0 Å². The average Bonchev–Trinajstić information content (AvgIpc) is 2.58. The molecule has 0 aliphatic heterocycles. The van der Waals surface area contributed by atoms with Crippen LogP contribution in [0.15, 0.2) is 39.9 Å². The third kappa shape index (κ3) is 4.39. The zero-order valence-electron chi connectivity index (χ0n) is 12.8. The second-order valence-electron chi connectivity index (χ2n) is 4.63. The number of benzene rings is 2. The van der Waals surface area contributed by atoms with E-state index in [4.69, 9.17) is 21.1 Å². The van der Waals surface area contributed by atoms with Crippen molar-refractivity contribution in [2.24, 2.45) is 5.10 Å². The highest BCUT2D eigenvalue weighted by atomic mass is 79.9. The van der Waals surface area contributed by atoms with Gasteiger partial charge in [0.1, 0.15) is 17.2 Å². The van der Waals surface area contributed by atoms with Crippen LogP contribution in [0, 0.1) is 0 Å². The number of halogens is 2. The summed E-state index contributed by atoms with van der Waals surface area (Å²) < 4.78 is 10.9. The second kappa shape index (κ2) is 8.03. The van der Waals surface area contributed by atoms with Gasteiger partial charge in [0.05, 0.1) is 25.5 Å². The molecular formula is C16H14BrClN2O4. The van der Waals surface area contributed by atoms with E-state index < -0.39 is 5.91 Å². The minimum absolute atomic E-state index is 0.124. The average molecular weight is 414 g/mol. The van der Waals surface area contributed by atoms with Gasteiger partial charge in [-0.05, 0) is 24.3 Å². The lowest BCUT2D eigenvalue weighted by Gasteiger charge is -2.07. The number of nitrogens with one attached hydrogen (secondary N) is 1. The molecule has 2 N–H and O–H groups in total. The Morgan fingerprint density at radius 2 is 1.83 bits per heavy atom. The number of nitrogens with zero attached hydrogens (tertiary/aromatic N) is 1. The Hall–Kier alpha value is -2.25. The molecule has 126 valence electrons. The molecule has 0 aliphatic carbocycles. The Bertz CT molecular complexity index is 774. The fourth-order valence-electron chi connectivity index (χ4n) is 1.85. The number of carbonyl (C=O) groups excluding carboxylic acids is 1. The predicted molar refractivity (Wildman–Crippen MR) is 95.4 cm³/mol. The van der Waals surface area contributed by atoms with E-state index in [1.165, 1.54) is 20.4 Å². The Labute approximate surface area is 152 Å². The zero-order valence-corrected chi connectivity index (χ0v) is 15.2. The SMILES string of the molecule is COc1cc(OC)cc(C(=O)NN=Cc2cc(Br)cc(Cl)c2O)c1. The minimum Gasteiger partial charge on any atom is -0.506 e. The first-order valence-corrected chi connectivity index (χ1v) is 7.86. The first-order valence-electron chi connectivity index (χ1n) is 6.69. The number of hydrazone groups is 1. The predicted octanol–water partition coefficient (Wildman–Crippen LogP) is 3.59. The Kier molecular flexibility index (Phi) is 6.05. The number of ether oxygens (including phenoxy) is 2. The van der Waals surface area contributed by atoms with Crippen LogP contribution in [0.5, 0.6) is 17.2 Å². The highest BCUT2D eigenvalue weighted by molar-refractivity contribution is 9.10. The summed E-state index contributed by atoms with van der Waals surface area (Å²) in [6, 6.07) is 7.93. The normalized spacial score (nSPS) is 10.7. The molecule has 24 heavy (non-hydrogen) atoms. The molecule has 0 radical (unpaired) electrons. The topological polar surface area (TPSA) is 80.2 Å². The molecule has 2 aromatic carbocycles. The molecule has 2 aromatic rings. The summed E-state index contributed by atoms with van der Waals surface area (Å²) in [7, 11) is 2.99. The van der Waals surface area contributed by atoms with E-state index in [9.17, 15) is 9.90 Å². The van der Waals surface area contributed by atoms with Gasteiger partial charge in [-0.25, -0.2) is 5.43 Å². The van der Waals surface area contributed by atoms with Crippen LogP contribution in [-0.4, -0.2) is 31.4 Å². The van der Waals surface area contributed by atoms with Crippen molar-refractivity contribution in [3.05, 3.63) is 51.0 Å². The molecule has 0 fully saturated rings. The van der Waals surface area contributed by atoms with E-state index in [2.05, 4.69) is 26.5 Å². The van der Waals surface area contributed by atoms with Crippen molar-refractivity contribution < 1.29 is 19.4 Å². The van der Waals surface area contributed by atoms with Gasteiger partial charge in [0, 0.05) is 21.7 Å². The van der Waals surface area contributed by atoms with E-state index in [0.29, 0.717) is 27.1 Å². The van der Waals surface area contributed by atoms with E-state index in [1.807, 2.05) is 0 Å². The maximum Gasteiger partial charge on any atom is 0.271 e. The van der Waals surface area contributed by atoms with Gasteiger partial charge in [-0.2, -0.15) is 5.10 Å². The molecule has 0 atom stereocenters. The van der Waals surface area contributed by atoms with Crippen molar-refractivity contribution in [2.45, 2.75) is 0 Å². The van der Waals surface area contributed by atoms with Crippen molar-refractivity contribution >= 4 is 39.7 Å². The van der Waals surface area contributed by atoms with Crippen molar-refractivity contribution in [1.29, 1.82) is 0 Å². The molecule has 0 heterocycles. The van der Waals surface area contributed by atoms with Gasteiger partial charge in [-0.1, -0.05) is 27.5 Å². The zero-order chi connectivity index (χ0) is 17.7. The van der Waals surface area contributed by atoms with Gasteiger partial charge in [0.15, 0.2) is 0 Å². The van der Waals surface area contributed by atoms with Crippen LogP contribution in [0.2, 0.25) is 5.02 Å². The van der Waals surface area contributed by atoms with Crippen LogP contribution in [0.25, 0.3) is 0 Å². The molecule has 0 spiro atoms. The highest BCUT2D eigenvalue weighted by Crippen LogP contribution is 2.30. The summed E-state index contributed by atoms with van der Waals surface area (Å²) in [6.45, 7) is 0. The maximum absolute atomic E-state index is 12.2. The van der Waals surface area contributed by atoms with Crippen molar-refractivity contribution in [3.63, 3.8) is 0 Å². The largest absolute Gasteiger partial charge is 0.506 e. The molecule has 0 aliphatic rings. The molecule has 0 bridgehead atoms. The number of rotatable bonds is 5. The lowest BCUT2D eigenvalue weighted by atomic mass is 10.2. The third-order valence-electron chi connectivity index (χ3n) is 3.04. The van der Waals surface area contributed by atoms with Crippen LogP contribution in [-0.2, 0) is 0 Å². The van der Waals surface area contributed by atoms with Crippen LogP contribution in [0.4, 0.5) is 0 Å². The van der Waals surface area contributed by atoms with Gasteiger partial charge in [-0.3, -0.25) is 4.79 Å². The number of methoxy groups -OCH3 is 2. The Balaban J connectivity index is 2.16. The molecule has 8 heteroatoms. The fraction of sp³-hybridized carbons (Fsp3) is 0.125. The first-order chi connectivity index (χ1) is 11.4. The third-order valence-corrected chi connectivity index (χ3v) is 3.79. The number of hydrogen-bond acceptors (Lipinski definition) is 5. The maximum atomic E-state index is 12.2. The van der Waals surface area contributed by atoms with E-state index in [0.717, 1.165) is 0 Å². The highest BCUT2D eigenvalue weighted by Gasteiger charge is 2.10. The van der Waals surface area contributed by atoms with E-state index in [1.54, 1.807) is 30.3 Å². The molecule has 0 saturated heterocycles. The van der Waals surface area contributed by atoms with Crippen molar-refractivity contribution in [1.82, 2.24) is 5.43 Å². The second-order valence-corrected chi connectivity index (χ2v) is 5.95. The number of aromatic hydroxyl groups is 1. The van der Waals surface area contributed by atoms with Gasteiger partial charge < -0.3 is 14.6 Å². The summed E-state index contributed by atoms with van der Waals surface area (Å²) in [5, 5.41) is 13.9. The van der Waals surface area contributed by atoms with E-state index >= 15 is 0 Å². The molecular weight excluding hydrogens is 400 g/mol. The number of carbonyl (C=O) groups is 1. The summed E-state index contributed by atoms with van der Waals surface area (Å²) >= 11 is 9.13. The molecule has 2 rings (SSSR count). The van der Waals surface area contributed by atoms with Gasteiger partial charge >= 0.3 is 0 Å². The van der Waals surface area contributed by atoms with Crippen LogP contribution < -0.4 is 14.9 Å².